The van der Waals surface area contributed by atoms with Crippen LogP contribution >= 0.6 is 0 Å². The second-order valence-electron chi connectivity index (χ2n) is 7.35. The van der Waals surface area contributed by atoms with Gasteiger partial charge < -0.3 is 9.72 Å². The van der Waals surface area contributed by atoms with Crippen molar-refractivity contribution in [3.8, 4) is 0 Å². The van der Waals surface area contributed by atoms with Gasteiger partial charge in [0.1, 0.15) is 5.65 Å². The fourth-order valence-electron chi connectivity index (χ4n) is 3.77. The molecule has 2 aromatic rings. The van der Waals surface area contributed by atoms with E-state index in [-0.39, 0.29) is 11.4 Å². The number of aryl methyl sites for hydroxylation is 2. The van der Waals surface area contributed by atoms with Gasteiger partial charge in [-0.1, -0.05) is 0 Å². The van der Waals surface area contributed by atoms with Gasteiger partial charge in [-0.15, -0.1) is 0 Å². The molecule has 0 aromatic carbocycles. The van der Waals surface area contributed by atoms with E-state index < -0.39 is 0 Å². The summed E-state index contributed by atoms with van der Waals surface area (Å²) < 4.78 is 2.07. The van der Waals surface area contributed by atoms with Crippen molar-refractivity contribution in [2.75, 3.05) is 0 Å². The molecule has 1 fully saturated rings. The average Bonchev–Trinajstić information content (AvgIpc) is 3.08. The fourth-order valence-corrected chi connectivity index (χ4v) is 3.77. The predicted octanol–water partition coefficient (Wildman–Crippen LogP) is 3.05. The highest BCUT2D eigenvalue weighted by molar-refractivity contribution is 6.00. The molecule has 22 heavy (non-hydrogen) atoms. The van der Waals surface area contributed by atoms with Crippen molar-refractivity contribution in [2.24, 2.45) is 5.92 Å². The van der Waals surface area contributed by atoms with Crippen molar-refractivity contribution in [3.63, 3.8) is 0 Å². The van der Waals surface area contributed by atoms with Crippen LogP contribution in [0.4, 0.5) is 0 Å². The molecule has 0 aliphatic heterocycles. The number of fused-ring (bicyclic) bond motifs is 2. The van der Waals surface area contributed by atoms with Crippen LogP contribution in [0.3, 0.4) is 0 Å². The zero-order valence-electron chi connectivity index (χ0n) is 13.6. The minimum absolute atomic E-state index is 0.00393. The zero-order chi connectivity index (χ0) is 15.5. The molecule has 0 atom stereocenters. The molecule has 2 aliphatic carbocycles. The van der Waals surface area contributed by atoms with Crippen LogP contribution in [0.25, 0.3) is 5.65 Å². The van der Waals surface area contributed by atoms with E-state index in [1.54, 1.807) is 0 Å². The number of hydrogen-bond donors (Lipinski definition) is 1. The summed E-state index contributed by atoms with van der Waals surface area (Å²) in [5.41, 5.74) is 5.16. The molecule has 1 amide bonds. The first-order chi connectivity index (χ1) is 10.5. The lowest BCUT2D eigenvalue weighted by Crippen LogP contribution is -2.45. The molecule has 0 bridgehead atoms. The van der Waals surface area contributed by atoms with E-state index in [1.807, 2.05) is 12.3 Å². The molecule has 2 heterocycles. The minimum Gasteiger partial charge on any atom is -0.347 e. The Labute approximate surface area is 130 Å². The standard InChI is InChI=1S/C18H23N3O/c1-11-13-5-4-6-15(13)19-16-14(9-10-21(11)16)17(22)20-18(2,3)12-7-8-12/h9-10,12H,4-8H2,1-3H3,(H,20,22). The van der Waals surface area contributed by atoms with Gasteiger partial charge in [0.25, 0.3) is 5.91 Å². The Morgan fingerprint density at radius 3 is 2.86 bits per heavy atom. The maximum atomic E-state index is 12.7. The molecule has 0 radical (unpaired) electrons. The van der Waals surface area contributed by atoms with Crippen molar-refractivity contribution in [1.82, 2.24) is 14.7 Å². The van der Waals surface area contributed by atoms with Crippen LogP contribution in [0.1, 0.15) is 60.4 Å². The highest BCUT2D eigenvalue weighted by Gasteiger charge is 2.39. The molecule has 0 spiro atoms. The van der Waals surface area contributed by atoms with Gasteiger partial charge in [-0.05, 0) is 70.4 Å². The third-order valence-corrected chi connectivity index (χ3v) is 5.37. The zero-order valence-corrected chi connectivity index (χ0v) is 13.6. The van der Waals surface area contributed by atoms with Crippen molar-refractivity contribution in [3.05, 3.63) is 34.8 Å². The van der Waals surface area contributed by atoms with Gasteiger partial charge in [-0.3, -0.25) is 4.79 Å². The Morgan fingerprint density at radius 2 is 2.14 bits per heavy atom. The third-order valence-electron chi connectivity index (χ3n) is 5.37. The van der Waals surface area contributed by atoms with Crippen LogP contribution in [0, 0.1) is 12.8 Å². The fraction of sp³-hybridized carbons (Fsp3) is 0.556. The van der Waals surface area contributed by atoms with Crippen molar-refractivity contribution >= 4 is 11.6 Å². The Hall–Kier alpha value is -1.84. The number of carbonyl (C=O) groups excluding carboxylic acids is 1. The van der Waals surface area contributed by atoms with Gasteiger partial charge in [0.05, 0.1) is 5.56 Å². The lowest BCUT2D eigenvalue weighted by Gasteiger charge is -2.26. The van der Waals surface area contributed by atoms with E-state index in [0.717, 1.165) is 18.5 Å². The molecule has 4 rings (SSSR count). The molecule has 4 heteroatoms. The van der Waals surface area contributed by atoms with Crippen molar-refractivity contribution in [2.45, 2.75) is 58.4 Å². The minimum atomic E-state index is -0.128. The first kappa shape index (κ1) is 13.8. The summed E-state index contributed by atoms with van der Waals surface area (Å²) in [7, 11) is 0. The van der Waals surface area contributed by atoms with E-state index in [9.17, 15) is 4.79 Å². The molecule has 2 aromatic heterocycles. The third kappa shape index (κ3) is 2.04. The number of amides is 1. The highest BCUT2D eigenvalue weighted by atomic mass is 16.1. The van der Waals surface area contributed by atoms with Gasteiger partial charge in [-0.2, -0.15) is 0 Å². The Balaban J connectivity index is 1.73. The topological polar surface area (TPSA) is 46.4 Å². The van der Waals surface area contributed by atoms with Gasteiger partial charge in [0.2, 0.25) is 0 Å². The molecule has 116 valence electrons. The van der Waals surface area contributed by atoms with Crippen molar-refractivity contribution < 1.29 is 4.79 Å². The van der Waals surface area contributed by atoms with Gasteiger partial charge in [0.15, 0.2) is 0 Å². The van der Waals surface area contributed by atoms with Gasteiger partial charge in [-0.25, -0.2) is 4.98 Å². The lowest BCUT2D eigenvalue weighted by atomic mass is 9.98. The molecule has 0 unspecified atom stereocenters. The summed E-state index contributed by atoms with van der Waals surface area (Å²) in [6, 6.07) is 1.91. The lowest BCUT2D eigenvalue weighted by molar-refractivity contribution is 0.0905. The average molecular weight is 297 g/mol. The number of aromatic nitrogens is 2. The smallest absolute Gasteiger partial charge is 0.255 e. The van der Waals surface area contributed by atoms with E-state index in [4.69, 9.17) is 4.98 Å². The summed E-state index contributed by atoms with van der Waals surface area (Å²) in [4.78, 5) is 17.5. The second kappa shape index (κ2) is 4.58. The SMILES string of the molecule is Cc1c2c(nc3c(C(=O)NC(C)(C)C4CC4)ccn13)CCC2. The van der Waals surface area contributed by atoms with Crippen LogP contribution < -0.4 is 5.32 Å². The first-order valence-corrected chi connectivity index (χ1v) is 8.29. The summed E-state index contributed by atoms with van der Waals surface area (Å²) in [5.74, 6) is 0.619. The number of nitrogens with zero attached hydrogens (tertiary/aromatic N) is 2. The molecular weight excluding hydrogens is 274 g/mol. The molecule has 2 aliphatic rings. The Kier molecular flexibility index (Phi) is 2.87. The highest BCUT2D eigenvalue weighted by Crippen LogP contribution is 2.39. The quantitative estimate of drug-likeness (QED) is 0.946. The maximum absolute atomic E-state index is 12.7. The normalized spacial score (nSPS) is 17.8. The Bertz CT molecular complexity index is 768. The maximum Gasteiger partial charge on any atom is 0.255 e. The van der Waals surface area contributed by atoms with E-state index in [1.165, 1.54) is 36.2 Å². The number of hydrogen-bond acceptors (Lipinski definition) is 2. The summed E-state index contributed by atoms with van der Waals surface area (Å²) >= 11 is 0. The predicted molar refractivity (Wildman–Crippen MR) is 86.2 cm³/mol. The van der Waals surface area contributed by atoms with Crippen LogP contribution in [0.2, 0.25) is 0 Å². The van der Waals surface area contributed by atoms with E-state index in [2.05, 4.69) is 30.5 Å². The van der Waals surface area contributed by atoms with Crippen molar-refractivity contribution in [1.29, 1.82) is 0 Å². The number of rotatable bonds is 3. The molecule has 1 saturated carbocycles. The van der Waals surface area contributed by atoms with Gasteiger partial charge in [0, 0.05) is 23.1 Å². The molecule has 0 saturated heterocycles. The van der Waals surface area contributed by atoms with Crippen LogP contribution in [0.15, 0.2) is 12.3 Å². The van der Waals surface area contributed by atoms with Crippen LogP contribution in [0.5, 0.6) is 0 Å². The largest absolute Gasteiger partial charge is 0.347 e. The number of nitrogens with one attached hydrogen (secondary N) is 1. The van der Waals surface area contributed by atoms with Crippen LogP contribution in [-0.2, 0) is 12.8 Å². The van der Waals surface area contributed by atoms with Gasteiger partial charge >= 0.3 is 0 Å². The Morgan fingerprint density at radius 1 is 1.36 bits per heavy atom. The first-order valence-electron chi connectivity index (χ1n) is 8.29. The van der Waals surface area contributed by atoms with E-state index >= 15 is 0 Å². The number of carbonyl (C=O) groups is 1. The summed E-state index contributed by atoms with van der Waals surface area (Å²) in [6.07, 6.45) is 7.73. The second-order valence-corrected chi connectivity index (χ2v) is 7.35. The molecule has 1 N–H and O–H groups in total. The summed E-state index contributed by atoms with van der Waals surface area (Å²) in [5, 5.41) is 3.21. The summed E-state index contributed by atoms with van der Waals surface area (Å²) in [6.45, 7) is 6.38. The van der Waals surface area contributed by atoms with E-state index in [0.29, 0.717) is 11.5 Å². The monoisotopic (exact) mass is 297 g/mol. The van der Waals surface area contributed by atoms with Crippen LogP contribution in [-0.4, -0.2) is 20.8 Å². The molecular formula is C18H23N3O. The molecule has 4 nitrogen and oxygen atoms in total.